The topological polar surface area (TPSA) is 117 Å². The van der Waals surface area contributed by atoms with Crippen molar-refractivity contribution in [3.8, 4) is 11.3 Å². The molecule has 3 aromatic rings. The van der Waals surface area contributed by atoms with Crippen LogP contribution in [0.25, 0.3) is 17.4 Å². The molecule has 0 unspecified atom stereocenters. The lowest BCUT2D eigenvalue weighted by Gasteiger charge is -2.12. The largest absolute Gasteiger partial charge is 0.478 e. The molecular formula is C23H14ClFN2O6S. The van der Waals surface area contributed by atoms with Gasteiger partial charge in [0.05, 0.1) is 15.5 Å². The maximum Gasteiger partial charge on any atom is 0.337 e. The lowest BCUT2D eigenvalue weighted by molar-refractivity contribution is -0.127. The Hall–Kier alpha value is -3.89. The van der Waals surface area contributed by atoms with Crippen molar-refractivity contribution in [2.45, 2.75) is 0 Å². The van der Waals surface area contributed by atoms with Gasteiger partial charge in [0.2, 0.25) is 5.91 Å². The summed E-state index contributed by atoms with van der Waals surface area (Å²) in [4.78, 5) is 49.1. The Kier molecular flexibility index (Phi) is 6.53. The summed E-state index contributed by atoms with van der Waals surface area (Å²) < 4.78 is 18.7. The van der Waals surface area contributed by atoms with Crippen LogP contribution in [0.2, 0.25) is 5.02 Å². The second kappa shape index (κ2) is 9.54. The molecule has 1 aromatic heterocycles. The smallest absolute Gasteiger partial charge is 0.337 e. The number of thioether (sulfide) groups is 1. The Bertz CT molecular complexity index is 1350. The number of imide groups is 1. The molecule has 172 valence electrons. The molecule has 2 N–H and O–H groups in total. The molecule has 0 spiro atoms. The van der Waals surface area contributed by atoms with Crippen molar-refractivity contribution in [3.63, 3.8) is 0 Å². The molecule has 0 aliphatic carbocycles. The minimum atomic E-state index is -1.15. The van der Waals surface area contributed by atoms with Gasteiger partial charge >= 0.3 is 5.97 Å². The molecule has 0 radical (unpaired) electrons. The number of anilines is 1. The van der Waals surface area contributed by atoms with Gasteiger partial charge in [0.15, 0.2) is 0 Å². The SMILES string of the molecule is O=C(CN1C(=O)S/C(=C\c2ccc(-c3ccc(C(=O)O)c(Cl)c3)o2)C1=O)Nc1ccc(F)cc1. The first kappa shape index (κ1) is 23.3. The van der Waals surface area contributed by atoms with Gasteiger partial charge in [0, 0.05) is 17.3 Å². The van der Waals surface area contributed by atoms with E-state index in [0.29, 0.717) is 28.8 Å². The highest BCUT2D eigenvalue weighted by molar-refractivity contribution is 8.18. The van der Waals surface area contributed by atoms with Crippen molar-refractivity contribution in [2.24, 2.45) is 0 Å². The van der Waals surface area contributed by atoms with E-state index in [1.54, 1.807) is 12.1 Å². The van der Waals surface area contributed by atoms with Crippen LogP contribution in [-0.4, -0.2) is 39.6 Å². The predicted molar refractivity (Wildman–Crippen MR) is 124 cm³/mol. The molecule has 1 fully saturated rings. The molecule has 0 bridgehead atoms. The number of aromatic carboxylic acids is 1. The van der Waals surface area contributed by atoms with E-state index in [9.17, 15) is 23.6 Å². The second-order valence-electron chi connectivity index (χ2n) is 7.02. The van der Waals surface area contributed by atoms with E-state index in [1.165, 1.54) is 48.5 Å². The number of furan rings is 1. The summed E-state index contributed by atoms with van der Waals surface area (Å²) in [7, 11) is 0. The Morgan fingerprint density at radius 3 is 2.53 bits per heavy atom. The van der Waals surface area contributed by atoms with Crippen molar-refractivity contribution in [3.05, 3.63) is 81.7 Å². The summed E-state index contributed by atoms with van der Waals surface area (Å²) in [5.41, 5.74) is 0.808. The van der Waals surface area contributed by atoms with Gasteiger partial charge in [0.1, 0.15) is 23.9 Å². The third kappa shape index (κ3) is 5.03. The molecule has 0 saturated carbocycles. The molecule has 0 atom stereocenters. The van der Waals surface area contributed by atoms with Crippen molar-refractivity contribution in [1.29, 1.82) is 0 Å². The van der Waals surface area contributed by atoms with Crippen LogP contribution in [0.4, 0.5) is 14.9 Å². The van der Waals surface area contributed by atoms with Crippen LogP contribution in [0.5, 0.6) is 0 Å². The van der Waals surface area contributed by atoms with E-state index in [1.807, 2.05) is 0 Å². The molecule has 1 aliphatic heterocycles. The summed E-state index contributed by atoms with van der Waals surface area (Å²) in [5, 5.41) is 11.0. The van der Waals surface area contributed by atoms with Crippen LogP contribution in [-0.2, 0) is 9.59 Å². The van der Waals surface area contributed by atoms with E-state index in [2.05, 4.69) is 5.32 Å². The van der Waals surface area contributed by atoms with E-state index in [0.717, 1.165) is 4.90 Å². The molecule has 11 heteroatoms. The molecular weight excluding hydrogens is 487 g/mol. The monoisotopic (exact) mass is 500 g/mol. The fraction of sp³-hybridized carbons (Fsp3) is 0.0435. The predicted octanol–water partition coefficient (Wildman–Crippen LogP) is 5.11. The molecule has 8 nitrogen and oxygen atoms in total. The minimum absolute atomic E-state index is 0.0444. The standard InChI is InChI=1S/C23H14ClFN2O6S/c24-17-9-12(1-7-16(17)22(30)31)18-8-6-15(33-18)10-19-21(29)27(23(32)34-19)11-20(28)26-14-4-2-13(25)3-5-14/h1-10H,11H2,(H,26,28)(H,30,31)/b19-10-. The van der Waals surface area contributed by atoms with Crippen LogP contribution in [0.15, 0.2) is 63.9 Å². The number of carbonyl (C=O) groups excluding carboxylic acids is 3. The Labute approximate surface area is 201 Å². The highest BCUT2D eigenvalue weighted by Crippen LogP contribution is 2.34. The fourth-order valence-corrected chi connectivity index (χ4v) is 4.15. The summed E-state index contributed by atoms with van der Waals surface area (Å²) in [6.07, 6.45) is 1.37. The zero-order valence-electron chi connectivity index (χ0n) is 17.1. The Balaban J connectivity index is 1.45. The number of carboxylic acid groups (broad SMARTS) is 1. The number of carboxylic acids is 1. The number of hydrogen-bond acceptors (Lipinski definition) is 6. The van der Waals surface area contributed by atoms with Crippen LogP contribution >= 0.6 is 23.4 Å². The molecule has 1 aliphatic rings. The summed E-state index contributed by atoms with van der Waals surface area (Å²) in [5.74, 6) is -2.24. The fourth-order valence-electron chi connectivity index (χ4n) is 3.07. The van der Waals surface area contributed by atoms with Crippen molar-refractivity contribution in [2.75, 3.05) is 11.9 Å². The van der Waals surface area contributed by atoms with E-state index < -0.39 is 35.4 Å². The third-order valence-corrected chi connectivity index (χ3v) is 5.91. The number of carbonyl (C=O) groups is 4. The van der Waals surface area contributed by atoms with Crippen LogP contribution < -0.4 is 5.32 Å². The summed E-state index contributed by atoms with van der Waals surface area (Å²) >= 11 is 6.66. The van der Waals surface area contributed by atoms with E-state index in [-0.39, 0.29) is 21.3 Å². The maximum atomic E-state index is 13.0. The van der Waals surface area contributed by atoms with E-state index in [4.69, 9.17) is 21.1 Å². The highest BCUT2D eigenvalue weighted by Gasteiger charge is 2.36. The first-order chi connectivity index (χ1) is 16.2. The van der Waals surface area contributed by atoms with Crippen molar-refractivity contribution in [1.82, 2.24) is 4.90 Å². The van der Waals surface area contributed by atoms with Gasteiger partial charge in [-0.25, -0.2) is 9.18 Å². The van der Waals surface area contributed by atoms with Gasteiger partial charge in [-0.05, 0) is 60.3 Å². The molecule has 1 saturated heterocycles. The average molecular weight is 501 g/mol. The minimum Gasteiger partial charge on any atom is -0.478 e. The number of nitrogens with zero attached hydrogens (tertiary/aromatic N) is 1. The first-order valence-electron chi connectivity index (χ1n) is 9.65. The molecule has 2 heterocycles. The Morgan fingerprint density at radius 2 is 1.85 bits per heavy atom. The highest BCUT2D eigenvalue weighted by atomic mass is 35.5. The van der Waals surface area contributed by atoms with Crippen LogP contribution in [0.1, 0.15) is 16.1 Å². The Morgan fingerprint density at radius 1 is 1.12 bits per heavy atom. The zero-order chi connectivity index (χ0) is 24.4. The van der Waals surface area contributed by atoms with Crippen molar-refractivity contribution >= 4 is 58.1 Å². The van der Waals surface area contributed by atoms with Gasteiger partial charge < -0.3 is 14.8 Å². The number of amides is 3. The van der Waals surface area contributed by atoms with Gasteiger partial charge in [-0.3, -0.25) is 19.3 Å². The third-order valence-electron chi connectivity index (χ3n) is 4.69. The van der Waals surface area contributed by atoms with Gasteiger partial charge in [-0.1, -0.05) is 17.7 Å². The molecule has 4 rings (SSSR count). The lowest BCUT2D eigenvalue weighted by Crippen LogP contribution is -2.36. The normalized spacial score (nSPS) is 14.6. The van der Waals surface area contributed by atoms with E-state index >= 15 is 0 Å². The average Bonchev–Trinajstić information content (AvgIpc) is 3.35. The number of rotatable bonds is 6. The van der Waals surface area contributed by atoms with Crippen LogP contribution in [0.3, 0.4) is 0 Å². The number of benzene rings is 2. The molecule has 2 aromatic carbocycles. The second-order valence-corrected chi connectivity index (χ2v) is 8.43. The molecule has 34 heavy (non-hydrogen) atoms. The molecule has 3 amide bonds. The maximum absolute atomic E-state index is 13.0. The lowest BCUT2D eigenvalue weighted by atomic mass is 10.1. The summed E-state index contributed by atoms with van der Waals surface area (Å²) in [6, 6.07) is 12.6. The first-order valence-corrected chi connectivity index (χ1v) is 10.8. The van der Waals surface area contributed by atoms with Gasteiger partial charge in [-0.15, -0.1) is 0 Å². The quantitative estimate of drug-likeness (QED) is 0.451. The zero-order valence-corrected chi connectivity index (χ0v) is 18.7. The van der Waals surface area contributed by atoms with Gasteiger partial charge in [-0.2, -0.15) is 0 Å². The van der Waals surface area contributed by atoms with Crippen molar-refractivity contribution < 1.29 is 33.1 Å². The number of hydrogen-bond donors (Lipinski definition) is 2. The van der Waals surface area contributed by atoms with Gasteiger partial charge in [0.25, 0.3) is 11.1 Å². The number of halogens is 2. The number of nitrogens with one attached hydrogen (secondary N) is 1. The van der Waals surface area contributed by atoms with Crippen LogP contribution in [0, 0.1) is 5.82 Å². The summed E-state index contributed by atoms with van der Waals surface area (Å²) in [6.45, 7) is -0.503.